The largest absolute Gasteiger partial charge is 0.381 e. The summed E-state index contributed by atoms with van der Waals surface area (Å²) in [6, 6.07) is 2.53. The van der Waals surface area contributed by atoms with E-state index in [0.717, 1.165) is 6.42 Å². The Kier molecular flexibility index (Phi) is 4.64. The van der Waals surface area contributed by atoms with E-state index in [1.807, 2.05) is 6.92 Å². The molecule has 0 saturated carbocycles. The number of anilines is 1. The zero-order valence-electron chi connectivity index (χ0n) is 11.7. The minimum absolute atomic E-state index is 0.0732. The molecule has 0 spiro atoms. The Bertz CT molecular complexity index is 579. The van der Waals surface area contributed by atoms with E-state index in [1.54, 1.807) is 0 Å². The van der Waals surface area contributed by atoms with Crippen molar-refractivity contribution in [2.75, 3.05) is 19.0 Å². The van der Waals surface area contributed by atoms with Crippen LogP contribution >= 0.6 is 11.6 Å². The number of nitro groups is 1. The number of hydrogen-bond acceptors (Lipinski definition) is 5. The van der Waals surface area contributed by atoms with E-state index >= 15 is 0 Å². The van der Waals surface area contributed by atoms with Crippen LogP contribution < -0.4 is 10.6 Å². The summed E-state index contributed by atoms with van der Waals surface area (Å²) < 4.78 is 5.37. The molecular weight excluding hydrogens is 298 g/mol. The quantitative estimate of drug-likeness (QED) is 0.656. The molecule has 1 fully saturated rings. The highest BCUT2D eigenvalue weighted by atomic mass is 35.5. The molecule has 114 valence electrons. The van der Waals surface area contributed by atoms with Crippen molar-refractivity contribution < 1.29 is 14.5 Å². The van der Waals surface area contributed by atoms with Crippen molar-refractivity contribution in [3.8, 4) is 0 Å². The number of carbonyl (C=O) groups is 1. The van der Waals surface area contributed by atoms with Crippen molar-refractivity contribution in [2.24, 2.45) is 0 Å². The van der Waals surface area contributed by atoms with Gasteiger partial charge in [0.1, 0.15) is 5.69 Å². The van der Waals surface area contributed by atoms with Gasteiger partial charge in [-0.05, 0) is 19.4 Å². The minimum Gasteiger partial charge on any atom is -0.381 e. The third-order valence-electron chi connectivity index (χ3n) is 3.47. The van der Waals surface area contributed by atoms with Crippen LogP contribution in [0.15, 0.2) is 12.1 Å². The number of benzene rings is 1. The fourth-order valence-corrected chi connectivity index (χ4v) is 2.60. The van der Waals surface area contributed by atoms with Crippen molar-refractivity contribution in [2.45, 2.75) is 25.5 Å². The number of nitrogens with zero attached hydrogens (tertiary/aromatic N) is 1. The second-order valence-corrected chi connectivity index (χ2v) is 5.21. The Morgan fingerprint density at radius 2 is 2.24 bits per heavy atom. The second-order valence-electron chi connectivity index (χ2n) is 4.80. The third kappa shape index (κ3) is 3.25. The van der Waals surface area contributed by atoms with E-state index in [4.69, 9.17) is 16.3 Å². The zero-order chi connectivity index (χ0) is 15.6. The van der Waals surface area contributed by atoms with Crippen molar-refractivity contribution in [3.05, 3.63) is 32.8 Å². The molecule has 0 bridgehead atoms. The third-order valence-corrected chi connectivity index (χ3v) is 3.77. The molecule has 1 saturated heterocycles. The number of hydrogen-bond donors (Lipinski definition) is 2. The molecule has 1 aromatic carbocycles. The number of nitrogens with one attached hydrogen (secondary N) is 2. The minimum atomic E-state index is -0.574. The van der Waals surface area contributed by atoms with Gasteiger partial charge in [0.05, 0.1) is 22.1 Å². The highest BCUT2D eigenvalue weighted by Gasteiger charge is 2.27. The molecular formula is C13H16ClN3O4. The molecule has 2 atom stereocenters. The van der Waals surface area contributed by atoms with E-state index < -0.39 is 10.8 Å². The molecule has 1 amide bonds. The summed E-state index contributed by atoms with van der Waals surface area (Å²) in [5.41, 5.74) is 0.117. The summed E-state index contributed by atoms with van der Waals surface area (Å²) in [5, 5.41) is 16.7. The van der Waals surface area contributed by atoms with Crippen LogP contribution in [-0.4, -0.2) is 36.6 Å². The Morgan fingerprint density at radius 1 is 1.52 bits per heavy atom. The topological polar surface area (TPSA) is 93.5 Å². The van der Waals surface area contributed by atoms with Gasteiger partial charge in [0.2, 0.25) is 0 Å². The lowest BCUT2D eigenvalue weighted by Crippen LogP contribution is -2.39. The van der Waals surface area contributed by atoms with Gasteiger partial charge in [0.25, 0.3) is 11.6 Å². The Balaban J connectivity index is 2.27. The first-order valence-corrected chi connectivity index (χ1v) is 6.90. The van der Waals surface area contributed by atoms with Gasteiger partial charge in [0.15, 0.2) is 0 Å². The Morgan fingerprint density at radius 3 is 2.76 bits per heavy atom. The summed E-state index contributed by atoms with van der Waals surface area (Å²) in [7, 11) is 1.53. The summed E-state index contributed by atoms with van der Waals surface area (Å²) in [6.07, 6.45) is 0.646. The molecule has 2 unspecified atom stereocenters. The van der Waals surface area contributed by atoms with Crippen molar-refractivity contribution in [1.82, 2.24) is 5.32 Å². The van der Waals surface area contributed by atoms with Crippen LogP contribution in [0.4, 0.5) is 11.4 Å². The van der Waals surface area contributed by atoms with Crippen LogP contribution in [0.25, 0.3) is 0 Å². The Labute approximate surface area is 126 Å². The molecule has 2 rings (SSSR count). The Hall–Kier alpha value is -1.86. The molecule has 21 heavy (non-hydrogen) atoms. The van der Waals surface area contributed by atoms with Crippen molar-refractivity contribution >= 4 is 28.9 Å². The highest BCUT2D eigenvalue weighted by Crippen LogP contribution is 2.33. The van der Waals surface area contributed by atoms with E-state index in [-0.39, 0.29) is 34.1 Å². The van der Waals surface area contributed by atoms with Gasteiger partial charge < -0.3 is 15.4 Å². The number of nitro benzene ring substituents is 1. The molecule has 0 radical (unpaired) electrons. The number of ether oxygens (including phenoxy) is 1. The predicted octanol–water partition coefficient (Wildman–Crippen LogP) is 2.20. The monoisotopic (exact) mass is 313 g/mol. The van der Waals surface area contributed by atoms with Gasteiger partial charge in [-0.15, -0.1) is 0 Å². The molecule has 1 aromatic rings. The second kappa shape index (κ2) is 6.28. The average Bonchev–Trinajstić information content (AvgIpc) is 2.83. The SMILES string of the molecule is CNc1c(Cl)cc(C(=O)NC2CCOC2C)cc1[N+](=O)[O-]. The van der Waals surface area contributed by atoms with Crippen LogP contribution in [-0.2, 0) is 4.74 Å². The van der Waals surface area contributed by atoms with Crippen LogP contribution in [0.5, 0.6) is 0 Å². The van der Waals surface area contributed by atoms with Crippen LogP contribution in [0.3, 0.4) is 0 Å². The molecule has 7 nitrogen and oxygen atoms in total. The van der Waals surface area contributed by atoms with Gasteiger partial charge in [-0.1, -0.05) is 11.6 Å². The standard InChI is InChI=1S/C13H16ClN3O4/c1-7-10(3-4-21-7)16-13(18)8-5-9(14)12(15-2)11(6-8)17(19)20/h5-7,10,15H,3-4H2,1-2H3,(H,16,18). The van der Waals surface area contributed by atoms with Crippen molar-refractivity contribution in [1.29, 1.82) is 0 Å². The molecule has 0 aliphatic carbocycles. The molecule has 1 heterocycles. The number of carbonyl (C=O) groups excluding carboxylic acids is 1. The lowest BCUT2D eigenvalue weighted by atomic mass is 10.1. The van der Waals surface area contributed by atoms with Crippen molar-refractivity contribution in [3.63, 3.8) is 0 Å². The maximum Gasteiger partial charge on any atom is 0.294 e. The van der Waals surface area contributed by atoms with Gasteiger partial charge in [-0.25, -0.2) is 0 Å². The van der Waals surface area contributed by atoms with E-state index in [2.05, 4.69) is 10.6 Å². The smallest absolute Gasteiger partial charge is 0.294 e. The first-order valence-electron chi connectivity index (χ1n) is 6.52. The lowest BCUT2D eigenvalue weighted by Gasteiger charge is -2.16. The normalized spacial score (nSPS) is 21.1. The number of halogens is 1. The number of rotatable bonds is 4. The van der Waals surface area contributed by atoms with Gasteiger partial charge in [-0.2, -0.15) is 0 Å². The fraction of sp³-hybridized carbons (Fsp3) is 0.462. The fourth-order valence-electron chi connectivity index (χ4n) is 2.29. The lowest BCUT2D eigenvalue weighted by molar-refractivity contribution is -0.383. The molecule has 1 aliphatic heterocycles. The van der Waals surface area contributed by atoms with Crippen LogP contribution in [0, 0.1) is 10.1 Å². The molecule has 8 heteroatoms. The van der Waals surface area contributed by atoms with E-state index in [1.165, 1.54) is 19.2 Å². The van der Waals surface area contributed by atoms with Crippen LogP contribution in [0.1, 0.15) is 23.7 Å². The molecule has 1 aliphatic rings. The molecule has 2 N–H and O–H groups in total. The van der Waals surface area contributed by atoms with Gasteiger partial charge in [0, 0.05) is 25.3 Å². The van der Waals surface area contributed by atoms with Gasteiger partial charge in [-0.3, -0.25) is 14.9 Å². The zero-order valence-corrected chi connectivity index (χ0v) is 12.4. The van der Waals surface area contributed by atoms with Gasteiger partial charge >= 0.3 is 0 Å². The predicted molar refractivity (Wildman–Crippen MR) is 78.9 cm³/mol. The summed E-state index contributed by atoms with van der Waals surface area (Å²) >= 11 is 6.00. The van der Waals surface area contributed by atoms with E-state index in [0.29, 0.717) is 6.61 Å². The maximum atomic E-state index is 12.2. The first kappa shape index (κ1) is 15.5. The molecule has 0 aromatic heterocycles. The summed E-state index contributed by atoms with van der Waals surface area (Å²) in [6.45, 7) is 2.46. The first-order chi connectivity index (χ1) is 9.93. The van der Waals surface area contributed by atoms with Crippen LogP contribution in [0.2, 0.25) is 5.02 Å². The number of amides is 1. The summed E-state index contributed by atoms with van der Waals surface area (Å²) in [5.74, 6) is -0.398. The average molecular weight is 314 g/mol. The maximum absolute atomic E-state index is 12.2. The summed E-state index contributed by atoms with van der Waals surface area (Å²) in [4.78, 5) is 22.7. The highest BCUT2D eigenvalue weighted by molar-refractivity contribution is 6.34. The van der Waals surface area contributed by atoms with E-state index in [9.17, 15) is 14.9 Å².